The van der Waals surface area contributed by atoms with Crippen LogP contribution in [-0.2, 0) is 14.3 Å². The highest BCUT2D eigenvalue weighted by molar-refractivity contribution is 5.75. The molecule has 0 aromatic heterocycles. The van der Waals surface area contributed by atoms with E-state index < -0.39 is 18.4 Å². The van der Waals surface area contributed by atoms with Crippen LogP contribution < -0.4 is 5.73 Å². The van der Waals surface area contributed by atoms with Gasteiger partial charge in [-0.25, -0.2) is 4.79 Å². The predicted octanol–water partition coefficient (Wildman–Crippen LogP) is 0.746. The quantitative estimate of drug-likeness (QED) is 0.316. The second-order valence-corrected chi connectivity index (χ2v) is 2.54. The Labute approximate surface area is 78.2 Å². The van der Waals surface area contributed by atoms with Gasteiger partial charge in [-0.05, 0) is 12.8 Å². The van der Waals surface area contributed by atoms with Gasteiger partial charge in [0.25, 0.3) is 0 Å². The molecule has 14 heavy (non-hydrogen) atoms. The number of carbonyl (C=O) groups excluding carboxylic acids is 2. The van der Waals surface area contributed by atoms with Gasteiger partial charge in [0.1, 0.15) is 6.29 Å². The molecule has 0 saturated carbocycles. The van der Waals surface area contributed by atoms with Crippen LogP contribution in [0.15, 0.2) is 0 Å². The van der Waals surface area contributed by atoms with Crippen LogP contribution in [0.1, 0.15) is 19.3 Å². The van der Waals surface area contributed by atoms with E-state index in [0.29, 0.717) is 6.29 Å². The zero-order valence-corrected chi connectivity index (χ0v) is 7.21. The maximum absolute atomic E-state index is 11.6. The van der Waals surface area contributed by atoms with Crippen LogP contribution in [-0.4, -0.2) is 24.7 Å². The predicted molar refractivity (Wildman–Crippen MR) is 40.0 cm³/mol. The highest BCUT2D eigenvalue weighted by Gasteiger charge is 2.41. The van der Waals surface area contributed by atoms with Crippen molar-refractivity contribution in [3.05, 3.63) is 0 Å². The molecule has 0 spiro atoms. The number of esters is 1. The van der Waals surface area contributed by atoms with Crippen molar-refractivity contribution in [2.45, 2.75) is 31.7 Å². The summed E-state index contributed by atoms with van der Waals surface area (Å²) >= 11 is 0. The monoisotopic (exact) mass is 213 g/mol. The Bertz CT molecular complexity index is 205. The molecule has 2 N–H and O–H groups in total. The van der Waals surface area contributed by atoms with Crippen molar-refractivity contribution in [1.29, 1.82) is 0 Å². The largest absolute Gasteiger partial charge is 0.490 e. The Kier molecular flexibility index (Phi) is 5.14. The van der Waals surface area contributed by atoms with Crippen molar-refractivity contribution >= 4 is 12.3 Å². The van der Waals surface area contributed by atoms with Crippen LogP contribution in [0, 0.1) is 0 Å². The molecular formula is C7H10F3NO3. The van der Waals surface area contributed by atoms with E-state index in [4.69, 9.17) is 5.73 Å². The Morgan fingerprint density at radius 1 is 1.50 bits per heavy atom. The van der Waals surface area contributed by atoms with E-state index in [2.05, 4.69) is 4.74 Å². The van der Waals surface area contributed by atoms with Gasteiger partial charge in [-0.1, -0.05) is 0 Å². The summed E-state index contributed by atoms with van der Waals surface area (Å²) in [5, 5.41) is 0. The molecule has 0 radical (unpaired) electrons. The smallest absolute Gasteiger partial charge is 0.440 e. The van der Waals surface area contributed by atoms with Crippen molar-refractivity contribution in [3.63, 3.8) is 0 Å². The summed E-state index contributed by atoms with van der Waals surface area (Å²) in [6, 6.07) is 0. The topological polar surface area (TPSA) is 69.4 Å². The second kappa shape index (κ2) is 5.58. The summed E-state index contributed by atoms with van der Waals surface area (Å²) in [7, 11) is 0. The fraction of sp³-hybridized carbons (Fsp3) is 0.714. The summed E-state index contributed by atoms with van der Waals surface area (Å²) < 4.78 is 38.7. The number of ether oxygens (including phenoxy) is 1. The average molecular weight is 213 g/mol. The van der Waals surface area contributed by atoms with Crippen LogP contribution in [0.25, 0.3) is 0 Å². The number of rotatable bonds is 5. The van der Waals surface area contributed by atoms with Crippen LogP contribution >= 0.6 is 0 Å². The molecule has 0 aromatic rings. The minimum atomic E-state index is -5.03. The molecule has 1 atom stereocenters. The van der Waals surface area contributed by atoms with Gasteiger partial charge >= 0.3 is 12.1 Å². The van der Waals surface area contributed by atoms with Gasteiger partial charge in [0.15, 0.2) is 6.23 Å². The van der Waals surface area contributed by atoms with Gasteiger partial charge in [0, 0.05) is 6.42 Å². The maximum atomic E-state index is 11.6. The molecule has 0 aromatic carbocycles. The second-order valence-electron chi connectivity index (χ2n) is 2.54. The van der Waals surface area contributed by atoms with Crippen LogP contribution in [0.5, 0.6) is 0 Å². The fourth-order valence-electron chi connectivity index (χ4n) is 0.666. The van der Waals surface area contributed by atoms with Crippen molar-refractivity contribution in [1.82, 2.24) is 0 Å². The van der Waals surface area contributed by atoms with E-state index in [-0.39, 0.29) is 19.3 Å². The molecule has 0 saturated heterocycles. The standard InChI is InChI=1S/C7H10F3NO3/c8-7(9,10)6(13)14-5(11)3-1-2-4-12/h4-5H,1-3,11H2. The number of aldehydes is 1. The fourth-order valence-corrected chi connectivity index (χ4v) is 0.666. The minimum absolute atomic E-state index is 0.0283. The van der Waals surface area contributed by atoms with Crippen LogP contribution in [0.4, 0.5) is 13.2 Å². The summed E-state index contributed by atoms with van der Waals surface area (Å²) in [5.41, 5.74) is 5.05. The Morgan fingerprint density at radius 3 is 2.50 bits per heavy atom. The third-order valence-electron chi connectivity index (χ3n) is 1.30. The zero-order valence-electron chi connectivity index (χ0n) is 7.21. The Hall–Kier alpha value is -1.11. The third-order valence-corrected chi connectivity index (χ3v) is 1.30. The summed E-state index contributed by atoms with van der Waals surface area (Å²) in [6.45, 7) is 0. The van der Waals surface area contributed by atoms with E-state index in [1.807, 2.05) is 0 Å². The van der Waals surface area contributed by atoms with Crippen LogP contribution in [0.2, 0.25) is 0 Å². The molecule has 0 heterocycles. The Balaban J connectivity index is 3.77. The number of unbranched alkanes of at least 4 members (excludes halogenated alkanes) is 1. The SMILES string of the molecule is NC(CCCC=O)OC(=O)C(F)(F)F. The lowest BCUT2D eigenvalue weighted by Crippen LogP contribution is -2.34. The van der Waals surface area contributed by atoms with E-state index in [1.165, 1.54) is 0 Å². The first-order valence-corrected chi connectivity index (χ1v) is 3.85. The van der Waals surface area contributed by atoms with E-state index >= 15 is 0 Å². The minimum Gasteiger partial charge on any atom is -0.440 e. The van der Waals surface area contributed by atoms with E-state index in [0.717, 1.165) is 0 Å². The third kappa shape index (κ3) is 5.52. The molecule has 0 bridgehead atoms. The van der Waals surface area contributed by atoms with Crippen LogP contribution in [0.3, 0.4) is 0 Å². The molecule has 7 heteroatoms. The van der Waals surface area contributed by atoms with Crippen molar-refractivity contribution in [2.75, 3.05) is 0 Å². The lowest BCUT2D eigenvalue weighted by atomic mass is 10.2. The first-order chi connectivity index (χ1) is 6.38. The molecule has 1 unspecified atom stereocenters. The van der Waals surface area contributed by atoms with Gasteiger partial charge in [0.05, 0.1) is 0 Å². The van der Waals surface area contributed by atoms with Gasteiger partial charge < -0.3 is 9.53 Å². The van der Waals surface area contributed by atoms with Crippen molar-refractivity contribution < 1.29 is 27.5 Å². The highest BCUT2D eigenvalue weighted by Crippen LogP contribution is 2.17. The molecule has 0 fully saturated rings. The lowest BCUT2D eigenvalue weighted by molar-refractivity contribution is -0.204. The van der Waals surface area contributed by atoms with E-state index in [9.17, 15) is 22.8 Å². The van der Waals surface area contributed by atoms with Gasteiger partial charge in [0.2, 0.25) is 0 Å². The number of alkyl halides is 3. The summed E-state index contributed by atoms with van der Waals surface area (Å²) in [6.07, 6.45) is -5.24. The lowest BCUT2D eigenvalue weighted by Gasteiger charge is -2.13. The molecule has 0 amide bonds. The number of nitrogens with two attached hydrogens (primary N) is 1. The van der Waals surface area contributed by atoms with Gasteiger partial charge in [-0.3, -0.25) is 5.73 Å². The Morgan fingerprint density at radius 2 is 2.07 bits per heavy atom. The molecule has 0 aliphatic carbocycles. The first-order valence-electron chi connectivity index (χ1n) is 3.85. The highest BCUT2D eigenvalue weighted by atomic mass is 19.4. The molecule has 0 aliphatic rings. The number of hydrogen-bond donors (Lipinski definition) is 1. The summed E-state index contributed by atoms with van der Waals surface area (Å²) in [4.78, 5) is 20.1. The van der Waals surface area contributed by atoms with Crippen molar-refractivity contribution in [2.24, 2.45) is 5.73 Å². The average Bonchev–Trinajstić information content (AvgIpc) is 2.03. The first kappa shape index (κ1) is 12.9. The van der Waals surface area contributed by atoms with Gasteiger partial charge in [-0.15, -0.1) is 0 Å². The molecule has 0 aliphatic heterocycles. The number of halogens is 3. The molecule has 4 nitrogen and oxygen atoms in total. The van der Waals surface area contributed by atoms with E-state index in [1.54, 1.807) is 0 Å². The normalized spacial score (nSPS) is 13.4. The zero-order chi connectivity index (χ0) is 11.2. The molecular weight excluding hydrogens is 203 g/mol. The maximum Gasteiger partial charge on any atom is 0.490 e. The number of carbonyl (C=O) groups is 2. The molecule has 0 rings (SSSR count). The molecule has 82 valence electrons. The van der Waals surface area contributed by atoms with Gasteiger partial charge in [-0.2, -0.15) is 13.2 Å². The summed E-state index contributed by atoms with van der Waals surface area (Å²) in [5.74, 6) is -2.31. The number of hydrogen-bond acceptors (Lipinski definition) is 4. The van der Waals surface area contributed by atoms with Crippen molar-refractivity contribution in [3.8, 4) is 0 Å².